The van der Waals surface area contributed by atoms with Crippen LogP contribution >= 0.6 is 0 Å². The van der Waals surface area contributed by atoms with Crippen LogP contribution in [0.15, 0.2) is 36.4 Å². The highest BCUT2D eigenvalue weighted by Crippen LogP contribution is 2.15. The Morgan fingerprint density at radius 2 is 0.733 bits per heavy atom. The molecule has 0 atom stereocenters. The van der Waals surface area contributed by atoms with Crippen molar-refractivity contribution in [3.8, 4) is 0 Å². The van der Waals surface area contributed by atoms with E-state index < -0.39 is 11.6 Å². The minimum atomic E-state index is -0.513. The lowest BCUT2D eigenvalue weighted by molar-refractivity contribution is 0.575. The molecule has 0 nitrogen and oxygen atoms in total. The standard InChI is InChI=1S/2C9H11F.C8H8F2/c1-6-4-9(10)5-7(2)8(6)3;1-6-4-7(2)8(3)9(10)5-6;1-5-3-7(9)4-8(10)6(5)2/h2*4-5H,1-3H3;3-4H,1-2H3. The molecule has 0 saturated heterocycles. The summed E-state index contributed by atoms with van der Waals surface area (Å²) in [4.78, 5) is 0. The van der Waals surface area contributed by atoms with Crippen LogP contribution in [-0.4, -0.2) is 0 Å². The Balaban J connectivity index is 0.000000225. The first-order chi connectivity index (χ1) is 13.8. The minimum absolute atomic E-state index is 0.0995. The highest BCUT2D eigenvalue weighted by Gasteiger charge is 2.02. The van der Waals surface area contributed by atoms with E-state index in [4.69, 9.17) is 0 Å². The molecule has 4 heteroatoms. The van der Waals surface area contributed by atoms with Gasteiger partial charge in [-0.15, -0.1) is 0 Å². The molecule has 162 valence electrons. The fourth-order valence-corrected chi connectivity index (χ4v) is 2.75. The van der Waals surface area contributed by atoms with Crippen molar-refractivity contribution in [1.82, 2.24) is 0 Å². The summed E-state index contributed by atoms with van der Waals surface area (Å²) in [5, 5.41) is 0. The van der Waals surface area contributed by atoms with E-state index >= 15 is 0 Å². The molecule has 3 aromatic rings. The van der Waals surface area contributed by atoms with Gasteiger partial charge in [-0.2, -0.15) is 0 Å². The molecule has 0 amide bonds. The van der Waals surface area contributed by atoms with Crippen LogP contribution in [-0.2, 0) is 0 Å². The van der Waals surface area contributed by atoms with Crippen molar-refractivity contribution >= 4 is 0 Å². The molecule has 0 spiro atoms. The van der Waals surface area contributed by atoms with Crippen LogP contribution in [0.25, 0.3) is 0 Å². The van der Waals surface area contributed by atoms with Gasteiger partial charge in [-0.3, -0.25) is 0 Å². The van der Waals surface area contributed by atoms with Gasteiger partial charge in [-0.1, -0.05) is 6.07 Å². The van der Waals surface area contributed by atoms with Crippen LogP contribution in [0.1, 0.15) is 44.5 Å². The summed E-state index contributed by atoms with van der Waals surface area (Å²) in [7, 11) is 0. The highest BCUT2D eigenvalue weighted by atomic mass is 19.1. The number of halogens is 4. The Bertz CT molecular complexity index is 819. The summed E-state index contributed by atoms with van der Waals surface area (Å²) in [6.45, 7) is 14.8. The van der Waals surface area contributed by atoms with Gasteiger partial charge in [0.25, 0.3) is 0 Å². The first kappa shape index (κ1) is 25.4. The zero-order valence-electron chi connectivity index (χ0n) is 19.0. The lowest BCUT2D eigenvalue weighted by Crippen LogP contribution is -1.88. The lowest BCUT2D eigenvalue weighted by atomic mass is 10.0. The summed E-state index contributed by atoms with van der Waals surface area (Å²) in [6.07, 6.45) is 0. The average molecular weight is 419 g/mol. The van der Waals surface area contributed by atoms with Crippen molar-refractivity contribution in [3.63, 3.8) is 0 Å². The average Bonchev–Trinajstić information content (AvgIpc) is 2.63. The summed E-state index contributed by atoms with van der Waals surface area (Å²) in [5.74, 6) is -1.23. The molecule has 0 heterocycles. The third kappa shape index (κ3) is 7.33. The van der Waals surface area contributed by atoms with Crippen molar-refractivity contribution in [1.29, 1.82) is 0 Å². The third-order valence-corrected chi connectivity index (χ3v) is 5.21. The quantitative estimate of drug-likeness (QED) is 0.324. The highest BCUT2D eigenvalue weighted by molar-refractivity contribution is 5.32. The zero-order chi connectivity index (χ0) is 23.2. The SMILES string of the molecule is Cc1cc(C)c(C)c(F)c1.Cc1cc(F)cc(C)c1C.Cc1cc(F)cc(F)c1C. The number of aryl methyl sites for hydroxylation is 5. The van der Waals surface area contributed by atoms with Gasteiger partial charge >= 0.3 is 0 Å². The molecule has 3 rings (SSSR count). The van der Waals surface area contributed by atoms with Crippen molar-refractivity contribution in [2.24, 2.45) is 0 Å². The molecule has 3 aromatic carbocycles. The number of rotatable bonds is 0. The number of benzene rings is 3. The molecule has 0 unspecified atom stereocenters. The van der Waals surface area contributed by atoms with E-state index in [2.05, 4.69) is 0 Å². The lowest BCUT2D eigenvalue weighted by Gasteiger charge is -2.02. The van der Waals surface area contributed by atoms with Crippen LogP contribution in [0.4, 0.5) is 17.6 Å². The molecule has 0 bridgehead atoms. The first-order valence-electron chi connectivity index (χ1n) is 9.72. The molecular formula is C26H30F4. The summed E-state index contributed by atoms with van der Waals surface area (Å²) in [6, 6.07) is 8.87. The second-order valence-corrected chi connectivity index (χ2v) is 7.68. The minimum Gasteiger partial charge on any atom is -0.207 e. The maximum absolute atomic E-state index is 12.8. The summed E-state index contributed by atoms with van der Waals surface area (Å²) >= 11 is 0. The Labute approximate surface area is 177 Å². The maximum atomic E-state index is 12.8. The topological polar surface area (TPSA) is 0 Å². The molecular weight excluding hydrogens is 388 g/mol. The Kier molecular flexibility index (Phi) is 9.28. The number of hydrogen-bond donors (Lipinski definition) is 0. The van der Waals surface area contributed by atoms with Crippen LogP contribution in [0.2, 0.25) is 0 Å². The molecule has 0 radical (unpaired) electrons. The van der Waals surface area contributed by atoms with Crippen LogP contribution < -0.4 is 0 Å². The maximum Gasteiger partial charge on any atom is 0.129 e. The Hall–Kier alpha value is -2.62. The van der Waals surface area contributed by atoms with E-state index in [9.17, 15) is 17.6 Å². The van der Waals surface area contributed by atoms with E-state index in [-0.39, 0.29) is 11.6 Å². The fourth-order valence-electron chi connectivity index (χ4n) is 2.75. The van der Waals surface area contributed by atoms with E-state index in [1.807, 2.05) is 40.7 Å². The van der Waals surface area contributed by atoms with Gasteiger partial charge in [-0.25, -0.2) is 17.6 Å². The van der Waals surface area contributed by atoms with Gasteiger partial charge in [-0.05, 0) is 124 Å². The molecule has 0 fully saturated rings. The van der Waals surface area contributed by atoms with E-state index in [1.54, 1.807) is 39.0 Å². The van der Waals surface area contributed by atoms with Gasteiger partial charge in [0, 0.05) is 6.07 Å². The monoisotopic (exact) mass is 418 g/mol. The molecule has 0 aliphatic carbocycles. The Morgan fingerprint density at radius 3 is 1.13 bits per heavy atom. The molecule has 0 aromatic heterocycles. The largest absolute Gasteiger partial charge is 0.207 e. The predicted molar refractivity (Wildman–Crippen MR) is 117 cm³/mol. The van der Waals surface area contributed by atoms with Gasteiger partial charge in [0.15, 0.2) is 0 Å². The first-order valence-corrected chi connectivity index (χ1v) is 9.72. The van der Waals surface area contributed by atoms with Gasteiger partial charge < -0.3 is 0 Å². The Morgan fingerprint density at radius 1 is 0.400 bits per heavy atom. The molecule has 0 saturated carbocycles. The van der Waals surface area contributed by atoms with Crippen molar-refractivity contribution in [3.05, 3.63) is 104 Å². The predicted octanol–water partition coefficient (Wildman–Crippen LogP) is 8.08. The van der Waals surface area contributed by atoms with Crippen LogP contribution in [0, 0.1) is 78.7 Å². The molecule has 0 aliphatic rings. The van der Waals surface area contributed by atoms with E-state index in [1.165, 1.54) is 11.6 Å². The second-order valence-electron chi connectivity index (χ2n) is 7.68. The normalized spacial score (nSPS) is 10.0. The second kappa shape index (κ2) is 11.0. The molecule has 0 N–H and O–H groups in total. The van der Waals surface area contributed by atoms with Crippen LogP contribution in [0.5, 0.6) is 0 Å². The smallest absolute Gasteiger partial charge is 0.129 e. The van der Waals surface area contributed by atoms with E-state index in [0.29, 0.717) is 11.1 Å². The summed E-state index contributed by atoms with van der Waals surface area (Å²) < 4.78 is 50.4. The van der Waals surface area contributed by atoms with Crippen molar-refractivity contribution < 1.29 is 17.6 Å². The van der Waals surface area contributed by atoms with Gasteiger partial charge in [0.1, 0.15) is 23.3 Å². The third-order valence-electron chi connectivity index (χ3n) is 5.21. The van der Waals surface area contributed by atoms with Gasteiger partial charge in [0.2, 0.25) is 0 Å². The van der Waals surface area contributed by atoms with Crippen molar-refractivity contribution in [2.75, 3.05) is 0 Å². The molecule has 30 heavy (non-hydrogen) atoms. The summed E-state index contributed by atoms with van der Waals surface area (Å²) in [5.41, 5.74) is 7.17. The van der Waals surface area contributed by atoms with Crippen LogP contribution in [0.3, 0.4) is 0 Å². The zero-order valence-corrected chi connectivity index (χ0v) is 19.0. The van der Waals surface area contributed by atoms with Gasteiger partial charge in [0.05, 0.1) is 0 Å². The van der Waals surface area contributed by atoms with E-state index in [0.717, 1.165) is 33.9 Å². The van der Waals surface area contributed by atoms with Crippen molar-refractivity contribution in [2.45, 2.75) is 55.4 Å². The number of hydrogen-bond acceptors (Lipinski definition) is 0. The molecule has 0 aliphatic heterocycles. The fraction of sp³-hybridized carbons (Fsp3) is 0.308.